The molecule has 1 aromatic rings. The summed E-state index contributed by atoms with van der Waals surface area (Å²) in [5, 5.41) is 10.8. The van der Waals surface area contributed by atoms with E-state index in [-0.39, 0.29) is 18.4 Å². The van der Waals surface area contributed by atoms with E-state index in [0.717, 1.165) is 43.5 Å². The van der Waals surface area contributed by atoms with E-state index in [9.17, 15) is 9.90 Å². The fourth-order valence-electron chi connectivity index (χ4n) is 4.22. The number of fused-ring (bicyclic) bond motifs is 1. The Balaban J connectivity index is 1.60. The second kappa shape index (κ2) is 6.52. The van der Waals surface area contributed by atoms with Crippen LogP contribution in [0.25, 0.3) is 0 Å². The monoisotopic (exact) mass is 317 g/mol. The number of nitrogens with zero attached hydrogens (tertiary/aromatic N) is 1. The van der Waals surface area contributed by atoms with Crippen molar-refractivity contribution < 1.29 is 14.6 Å². The summed E-state index contributed by atoms with van der Waals surface area (Å²) >= 11 is 0. The Morgan fingerprint density at radius 1 is 1.39 bits per heavy atom. The summed E-state index contributed by atoms with van der Waals surface area (Å²) in [5.74, 6) is 1.46. The molecule has 0 unspecified atom stereocenters. The van der Waals surface area contributed by atoms with Crippen LogP contribution in [0.1, 0.15) is 38.2 Å². The third kappa shape index (κ3) is 3.23. The molecule has 4 nitrogen and oxygen atoms in total. The summed E-state index contributed by atoms with van der Waals surface area (Å²) in [6, 6.07) is 7.74. The number of hydrogen-bond acceptors (Lipinski definition) is 3. The molecule has 3 rings (SSSR count). The number of amides is 1. The fourth-order valence-corrected chi connectivity index (χ4v) is 4.22. The Morgan fingerprint density at radius 2 is 2.17 bits per heavy atom. The zero-order valence-corrected chi connectivity index (χ0v) is 14.1. The molecule has 0 spiro atoms. The summed E-state index contributed by atoms with van der Waals surface area (Å²) in [7, 11) is 0. The van der Waals surface area contributed by atoms with Crippen LogP contribution in [0.2, 0.25) is 0 Å². The van der Waals surface area contributed by atoms with Gasteiger partial charge >= 0.3 is 0 Å². The molecule has 1 saturated heterocycles. The van der Waals surface area contributed by atoms with Crippen LogP contribution in [0.5, 0.6) is 5.75 Å². The number of likely N-dealkylation sites (tertiary alicyclic amines) is 1. The van der Waals surface area contributed by atoms with Gasteiger partial charge in [0.25, 0.3) is 5.91 Å². The number of para-hydroxylation sites is 1. The quantitative estimate of drug-likeness (QED) is 0.929. The molecule has 1 heterocycles. The van der Waals surface area contributed by atoms with E-state index >= 15 is 0 Å². The molecule has 1 saturated carbocycles. The first kappa shape index (κ1) is 16.3. The van der Waals surface area contributed by atoms with Crippen LogP contribution < -0.4 is 4.74 Å². The minimum Gasteiger partial charge on any atom is -0.484 e. The molecule has 2 aliphatic rings. The maximum Gasteiger partial charge on any atom is 0.260 e. The Labute approximate surface area is 138 Å². The van der Waals surface area contributed by atoms with Gasteiger partial charge in [-0.1, -0.05) is 31.5 Å². The maximum absolute atomic E-state index is 12.5. The number of benzene rings is 1. The highest BCUT2D eigenvalue weighted by atomic mass is 16.5. The van der Waals surface area contributed by atoms with Crippen molar-refractivity contribution >= 4 is 5.91 Å². The van der Waals surface area contributed by atoms with Crippen molar-refractivity contribution in [2.24, 2.45) is 11.8 Å². The van der Waals surface area contributed by atoms with Crippen molar-refractivity contribution in [2.45, 2.75) is 45.1 Å². The highest BCUT2D eigenvalue weighted by Crippen LogP contribution is 2.44. The first-order valence-corrected chi connectivity index (χ1v) is 8.72. The van der Waals surface area contributed by atoms with E-state index in [0.29, 0.717) is 12.5 Å². The molecule has 2 fully saturated rings. The lowest BCUT2D eigenvalue weighted by atomic mass is 9.69. The van der Waals surface area contributed by atoms with Gasteiger partial charge in [0, 0.05) is 19.0 Å². The molecule has 1 aromatic carbocycles. The first-order chi connectivity index (χ1) is 11.0. The molecular weight excluding hydrogens is 290 g/mol. The molecule has 23 heavy (non-hydrogen) atoms. The zero-order chi connectivity index (χ0) is 16.4. The van der Waals surface area contributed by atoms with Crippen LogP contribution in [0.15, 0.2) is 24.3 Å². The Morgan fingerprint density at radius 3 is 2.91 bits per heavy atom. The smallest absolute Gasteiger partial charge is 0.260 e. The third-order valence-electron chi connectivity index (χ3n) is 5.73. The van der Waals surface area contributed by atoms with Crippen molar-refractivity contribution in [3.63, 3.8) is 0 Å². The van der Waals surface area contributed by atoms with Crippen molar-refractivity contribution in [2.75, 3.05) is 19.7 Å². The van der Waals surface area contributed by atoms with Crippen LogP contribution >= 0.6 is 0 Å². The van der Waals surface area contributed by atoms with Gasteiger partial charge in [-0.3, -0.25) is 4.79 Å². The lowest BCUT2D eigenvalue weighted by molar-refractivity contribution is -0.132. The molecule has 1 aliphatic carbocycles. The van der Waals surface area contributed by atoms with E-state index in [1.165, 1.54) is 0 Å². The summed E-state index contributed by atoms with van der Waals surface area (Å²) < 4.78 is 5.69. The SMILES string of the molecule is CC[C@@]1(O)CCC[C@@H]2CN(C(=O)COc3ccccc3C)C[C@@H]21. The number of hydrogen-bond donors (Lipinski definition) is 1. The molecule has 0 radical (unpaired) electrons. The predicted molar refractivity (Wildman–Crippen MR) is 89.3 cm³/mol. The summed E-state index contributed by atoms with van der Waals surface area (Å²) in [6.07, 6.45) is 3.82. The molecule has 3 atom stereocenters. The molecule has 1 N–H and O–H groups in total. The van der Waals surface area contributed by atoms with Crippen LogP contribution in [-0.2, 0) is 4.79 Å². The van der Waals surface area contributed by atoms with E-state index in [1.807, 2.05) is 43.0 Å². The lowest BCUT2D eigenvalue weighted by Crippen LogP contribution is -2.44. The number of rotatable bonds is 4. The molecule has 4 heteroatoms. The number of ether oxygens (including phenoxy) is 1. The van der Waals surface area contributed by atoms with Gasteiger partial charge < -0.3 is 14.7 Å². The predicted octanol–water partition coefficient (Wildman–Crippen LogP) is 2.77. The Kier molecular flexibility index (Phi) is 4.62. The molecule has 1 amide bonds. The second-order valence-electron chi connectivity index (χ2n) is 7.07. The van der Waals surface area contributed by atoms with Crippen LogP contribution in [-0.4, -0.2) is 41.2 Å². The normalized spacial score (nSPS) is 30.1. The standard InChI is InChI=1S/C19H27NO3/c1-3-19(22)10-6-8-15-11-20(12-16(15)19)18(21)13-23-17-9-5-4-7-14(17)2/h4-5,7,9,15-16,22H,3,6,8,10-13H2,1-2H3/t15-,16+,19-/m1/s1. The van der Waals surface area contributed by atoms with Crippen LogP contribution in [0.3, 0.4) is 0 Å². The van der Waals surface area contributed by atoms with Gasteiger partial charge in [-0.05, 0) is 43.7 Å². The van der Waals surface area contributed by atoms with E-state index in [2.05, 4.69) is 0 Å². The minimum absolute atomic E-state index is 0.0288. The van der Waals surface area contributed by atoms with E-state index in [4.69, 9.17) is 4.74 Å². The molecular formula is C19H27NO3. The maximum atomic E-state index is 12.5. The van der Waals surface area contributed by atoms with Gasteiger partial charge in [0.2, 0.25) is 0 Å². The van der Waals surface area contributed by atoms with Gasteiger partial charge in [0.1, 0.15) is 5.75 Å². The average molecular weight is 317 g/mol. The number of aryl methyl sites for hydroxylation is 1. The molecule has 0 aromatic heterocycles. The Hall–Kier alpha value is -1.55. The summed E-state index contributed by atoms with van der Waals surface area (Å²) in [6.45, 7) is 5.54. The number of carbonyl (C=O) groups excluding carboxylic acids is 1. The molecule has 126 valence electrons. The number of aliphatic hydroxyl groups is 1. The second-order valence-corrected chi connectivity index (χ2v) is 7.07. The van der Waals surface area contributed by atoms with Gasteiger partial charge in [0.15, 0.2) is 6.61 Å². The zero-order valence-electron chi connectivity index (χ0n) is 14.1. The topological polar surface area (TPSA) is 49.8 Å². The fraction of sp³-hybridized carbons (Fsp3) is 0.632. The highest BCUT2D eigenvalue weighted by molar-refractivity contribution is 5.78. The van der Waals surface area contributed by atoms with Crippen LogP contribution in [0.4, 0.5) is 0 Å². The van der Waals surface area contributed by atoms with Crippen LogP contribution in [0, 0.1) is 18.8 Å². The lowest BCUT2D eigenvalue weighted by Gasteiger charge is -2.40. The third-order valence-corrected chi connectivity index (χ3v) is 5.73. The highest BCUT2D eigenvalue weighted by Gasteiger charge is 2.48. The van der Waals surface area contributed by atoms with Gasteiger partial charge in [0.05, 0.1) is 5.60 Å². The Bertz CT molecular complexity index is 573. The van der Waals surface area contributed by atoms with E-state index in [1.54, 1.807) is 0 Å². The van der Waals surface area contributed by atoms with Gasteiger partial charge in [-0.25, -0.2) is 0 Å². The first-order valence-electron chi connectivity index (χ1n) is 8.72. The van der Waals surface area contributed by atoms with E-state index < -0.39 is 5.60 Å². The summed E-state index contributed by atoms with van der Waals surface area (Å²) in [5.41, 5.74) is 0.449. The minimum atomic E-state index is -0.588. The van der Waals surface area contributed by atoms with Crippen molar-refractivity contribution in [1.29, 1.82) is 0 Å². The summed E-state index contributed by atoms with van der Waals surface area (Å²) in [4.78, 5) is 14.4. The number of carbonyl (C=O) groups is 1. The van der Waals surface area contributed by atoms with Crippen molar-refractivity contribution in [3.8, 4) is 5.75 Å². The van der Waals surface area contributed by atoms with Crippen molar-refractivity contribution in [1.82, 2.24) is 4.90 Å². The van der Waals surface area contributed by atoms with Gasteiger partial charge in [-0.15, -0.1) is 0 Å². The molecule has 0 bridgehead atoms. The van der Waals surface area contributed by atoms with Crippen molar-refractivity contribution in [3.05, 3.63) is 29.8 Å². The molecule has 1 aliphatic heterocycles. The van der Waals surface area contributed by atoms with Gasteiger partial charge in [-0.2, -0.15) is 0 Å². The average Bonchev–Trinajstić information content (AvgIpc) is 3.00. The largest absolute Gasteiger partial charge is 0.484 e.